The van der Waals surface area contributed by atoms with Crippen LogP contribution in [0.1, 0.15) is 21.5 Å². The van der Waals surface area contributed by atoms with E-state index < -0.39 is 10.0 Å². The molecule has 1 amide bonds. The van der Waals surface area contributed by atoms with E-state index in [9.17, 15) is 13.2 Å². The summed E-state index contributed by atoms with van der Waals surface area (Å²) >= 11 is 0. The van der Waals surface area contributed by atoms with Gasteiger partial charge in [-0.05, 0) is 49.2 Å². The van der Waals surface area contributed by atoms with Crippen LogP contribution < -0.4 is 5.73 Å². The number of para-hydroxylation sites is 1. The zero-order chi connectivity index (χ0) is 18.9. The second-order valence-corrected chi connectivity index (χ2v) is 8.47. The highest BCUT2D eigenvalue weighted by Crippen LogP contribution is 2.21. The van der Waals surface area contributed by atoms with E-state index in [0.717, 1.165) is 11.1 Å². The number of nitrogens with zero attached hydrogens (tertiary/aromatic N) is 2. The molecule has 0 saturated carbocycles. The molecule has 1 aliphatic heterocycles. The Morgan fingerprint density at radius 3 is 2.19 bits per heavy atom. The summed E-state index contributed by atoms with van der Waals surface area (Å²) in [6, 6.07) is 12.1. The van der Waals surface area contributed by atoms with Crippen molar-refractivity contribution >= 4 is 34.0 Å². The van der Waals surface area contributed by atoms with E-state index in [1.54, 1.807) is 41.3 Å². The second-order valence-electron chi connectivity index (χ2n) is 6.53. The van der Waals surface area contributed by atoms with Gasteiger partial charge in [0.2, 0.25) is 10.0 Å². The van der Waals surface area contributed by atoms with Gasteiger partial charge < -0.3 is 10.6 Å². The largest absolute Gasteiger partial charge is 0.398 e. The molecule has 0 aliphatic carbocycles. The average molecular weight is 410 g/mol. The third kappa shape index (κ3) is 4.26. The smallest absolute Gasteiger partial charge is 0.256 e. The minimum absolute atomic E-state index is 0. The SMILES string of the molecule is Cc1ccc(S(=O)(=O)N2CCN(C(=O)c3ccccc3N)CC2)cc1C.Cl. The molecular weight excluding hydrogens is 386 g/mol. The molecule has 1 heterocycles. The van der Waals surface area contributed by atoms with E-state index in [4.69, 9.17) is 5.73 Å². The summed E-state index contributed by atoms with van der Waals surface area (Å²) in [5, 5.41) is 0. The first-order valence-corrected chi connectivity index (χ1v) is 9.96. The number of aryl methyl sites for hydroxylation is 2. The van der Waals surface area contributed by atoms with Crippen molar-refractivity contribution in [1.29, 1.82) is 0 Å². The van der Waals surface area contributed by atoms with Crippen molar-refractivity contribution in [3.8, 4) is 0 Å². The fraction of sp³-hybridized carbons (Fsp3) is 0.316. The predicted octanol–water partition coefficient (Wildman–Crippen LogP) is 2.45. The van der Waals surface area contributed by atoms with Gasteiger partial charge in [0.1, 0.15) is 0 Å². The Hall–Kier alpha value is -2.09. The summed E-state index contributed by atoms with van der Waals surface area (Å²) in [7, 11) is -3.55. The van der Waals surface area contributed by atoms with Gasteiger partial charge in [0, 0.05) is 31.9 Å². The van der Waals surface area contributed by atoms with Crippen molar-refractivity contribution in [3.63, 3.8) is 0 Å². The summed E-state index contributed by atoms with van der Waals surface area (Å²) in [5.74, 6) is -0.161. The third-order valence-corrected chi connectivity index (χ3v) is 6.73. The Morgan fingerprint density at radius 1 is 0.963 bits per heavy atom. The lowest BCUT2D eigenvalue weighted by Crippen LogP contribution is -2.50. The molecule has 27 heavy (non-hydrogen) atoms. The molecule has 0 unspecified atom stereocenters. The molecular formula is C19H24ClN3O3S. The highest BCUT2D eigenvalue weighted by Gasteiger charge is 2.30. The highest BCUT2D eigenvalue weighted by atomic mass is 35.5. The molecule has 146 valence electrons. The van der Waals surface area contributed by atoms with Crippen LogP contribution in [0.2, 0.25) is 0 Å². The van der Waals surface area contributed by atoms with E-state index >= 15 is 0 Å². The van der Waals surface area contributed by atoms with Gasteiger partial charge in [0.15, 0.2) is 0 Å². The molecule has 2 aromatic carbocycles. The van der Waals surface area contributed by atoms with Gasteiger partial charge in [0.05, 0.1) is 10.5 Å². The van der Waals surface area contributed by atoms with Crippen molar-refractivity contribution in [2.24, 2.45) is 0 Å². The van der Waals surface area contributed by atoms with Crippen molar-refractivity contribution in [3.05, 3.63) is 59.2 Å². The first-order valence-electron chi connectivity index (χ1n) is 8.52. The van der Waals surface area contributed by atoms with Crippen LogP contribution in [0.15, 0.2) is 47.4 Å². The van der Waals surface area contributed by atoms with Crippen LogP contribution in [-0.2, 0) is 10.0 Å². The summed E-state index contributed by atoms with van der Waals surface area (Å²) in [6.45, 7) is 5.08. The maximum absolute atomic E-state index is 12.9. The number of carbonyl (C=O) groups is 1. The monoisotopic (exact) mass is 409 g/mol. The number of hydrogen-bond acceptors (Lipinski definition) is 4. The fourth-order valence-corrected chi connectivity index (χ4v) is 4.52. The van der Waals surface area contributed by atoms with E-state index in [1.165, 1.54) is 4.31 Å². The third-order valence-electron chi connectivity index (χ3n) is 4.83. The van der Waals surface area contributed by atoms with Gasteiger partial charge in [-0.25, -0.2) is 8.42 Å². The lowest BCUT2D eigenvalue weighted by molar-refractivity contribution is 0.0699. The minimum Gasteiger partial charge on any atom is -0.398 e. The normalized spacial score (nSPS) is 15.3. The molecule has 0 spiro atoms. The topological polar surface area (TPSA) is 83.7 Å². The quantitative estimate of drug-likeness (QED) is 0.789. The number of carbonyl (C=O) groups excluding carboxylic acids is 1. The van der Waals surface area contributed by atoms with Gasteiger partial charge in [-0.3, -0.25) is 4.79 Å². The van der Waals surface area contributed by atoms with Gasteiger partial charge in [0.25, 0.3) is 5.91 Å². The van der Waals surface area contributed by atoms with E-state index in [1.807, 2.05) is 19.9 Å². The summed E-state index contributed by atoms with van der Waals surface area (Å²) < 4.78 is 27.1. The van der Waals surface area contributed by atoms with Crippen LogP contribution in [-0.4, -0.2) is 49.7 Å². The van der Waals surface area contributed by atoms with Crippen LogP contribution in [0, 0.1) is 13.8 Å². The first-order chi connectivity index (χ1) is 12.3. The fourth-order valence-electron chi connectivity index (χ4n) is 3.02. The van der Waals surface area contributed by atoms with Crippen molar-refractivity contribution < 1.29 is 13.2 Å². The molecule has 8 heteroatoms. The number of amides is 1. The van der Waals surface area contributed by atoms with E-state index in [2.05, 4.69) is 0 Å². The van der Waals surface area contributed by atoms with Gasteiger partial charge in [-0.2, -0.15) is 4.31 Å². The molecule has 1 aliphatic rings. The lowest BCUT2D eigenvalue weighted by Gasteiger charge is -2.34. The van der Waals surface area contributed by atoms with Crippen LogP contribution in [0.25, 0.3) is 0 Å². The molecule has 1 saturated heterocycles. The van der Waals surface area contributed by atoms with Crippen molar-refractivity contribution in [2.45, 2.75) is 18.7 Å². The number of anilines is 1. The molecule has 1 fully saturated rings. The standard InChI is InChI=1S/C19H23N3O3S.ClH/c1-14-7-8-16(13-15(14)2)26(24,25)22-11-9-21(10-12-22)19(23)17-5-3-4-6-18(17)20;/h3-8,13H,9-12,20H2,1-2H3;1H. The molecule has 2 aromatic rings. The van der Waals surface area contributed by atoms with Crippen molar-refractivity contribution in [2.75, 3.05) is 31.9 Å². The number of halogens is 1. The number of piperazine rings is 1. The zero-order valence-electron chi connectivity index (χ0n) is 15.4. The Morgan fingerprint density at radius 2 is 1.59 bits per heavy atom. The number of nitrogens with two attached hydrogens (primary N) is 1. The highest BCUT2D eigenvalue weighted by molar-refractivity contribution is 7.89. The maximum Gasteiger partial charge on any atom is 0.256 e. The van der Waals surface area contributed by atoms with Crippen molar-refractivity contribution in [1.82, 2.24) is 9.21 Å². The van der Waals surface area contributed by atoms with Gasteiger partial charge >= 0.3 is 0 Å². The summed E-state index contributed by atoms with van der Waals surface area (Å²) in [4.78, 5) is 14.6. The van der Waals surface area contributed by atoms with E-state index in [0.29, 0.717) is 29.2 Å². The summed E-state index contributed by atoms with van der Waals surface area (Å²) in [6.07, 6.45) is 0. The molecule has 0 bridgehead atoms. The number of nitrogen functional groups attached to an aromatic ring is 1. The maximum atomic E-state index is 12.9. The zero-order valence-corrected chi connectivity index (χ0v) is 17.0. The Labute approximate surface area is 166 Å². The molecule has 0 radical (unpaired) electrons. The Bertz CT molecular complexity index is 939. The Kier molecular flexibility index (Phi) is 6.51. The molecule has 0 atom stereocenters. The predicted molar refractivity (Wildman–Crippen MR) is 109 cm³/mol. The number of hydrogen-bond donors (Lipinski definition) is 1. The molecule has 2 N–H and O–H groups in total. The number of rotatable bonds is 3. The van der Waals surface area contributed by atoms with Crippen LogP contribution >= 0.6 is 12.4 Å². The number of sulfonamides is 1. The van der Waals surface area contributed by atoms with Crippen LogP contribution in [0.3, 0.4) is 0 Å². The first kappa shape index (κ1) is 21.2. The van der Waals surface area contributed by atoms with Crippen LogP contribution in [0.4, 0.5) is 5.69 Å². The minimum atomic E-state index is -3.55. The molecule has 0 aromatic heterocycles. The molecule has 3 rings (SSSR count). The van der Waals surface area contributed by atoms with Gasteiger partial charge in [-0.15, -0.1) is 12.4 Å². The van der Waals surface area contributed by atoms with Crippen LogP contribution in [0.5, 0.6) is 0 Å². The number of benzene rings is 2. The lowest BCUT2D eigenvalue weighted by atomic mass is 10.1. The average Bonchev–Trinajstić information content (AvgIpc) is 2.64. The van der Waals surface area contributed by atoms with E-state index in [-0.39, 0.29) is 31.4 Å². The Balaban J connectivity index is 0.00000261. The molecule has 6 nitrogen and oxygen atoms in total. The second kappa shape index (κ2) is 8.29. The van der Waals surface area contributed by atoms with Gasteiger partial charge in [-0.1, -0.05) is 18.2 Å². The summed E-state index contributed by atoms with van der Waals surface area (Å²) in [5.41, 5.74) is 8.76.